The van der Waals surface area contributed by atoms with Crippen molar-refractivity contribution in [2.45, 2.75) is 59.3 Å². The number of rotatable bonds is 6. The van der Waals surface area contributed by atoms with Crippen molar-refractivity contribution in [3.05, 3.63) is 90.7 Å². The Morgan fingerprint density at radius 2 is 0.760 bits per heavy atom. The normalized spacial score (nSPS) is 16.2. The molecule has 0 atom stereocenters. The van der Waals surface area contributed by atoms with E-state index in [-0.39, 0.29) is 35.6 Å². The van der Waals surface area contributed by atoms with Crippen molar-refractivity contribution >= 4 is 0 Å². The maximum Gasteiger partial charge on any atom is 0.00834 e. The Hall–Kier alpha value is -0.365. The maximum absolute atomic E-state index is 2.20. The Bertz CT molecular complexity index is 436. The van der Waals surface area contributed by atoms with Gasteiger partial charge in [0.25, 0.3) is 0 Å². The standard InChI is InChI=1S/3C8H11.La/c3*1-2-5-8-6-3-4-7-8;/h3*3-4,6-7H,2,5H2,1H3;. The summed E-state index contributed by atoms with van der Waals surface area (Å²) >= 11 is 0. The zero-order chi connectivity index (χ0) is 17.5. The van der Waals surface area contributed by atoms with Crippen LogP contribution in [0.3, 0.4) is 0 Å². The van der Waals surface area contributed by atoms with E-state index in [9.17, 15) is 0 Å². The Morgan fingerprint density at radius 3 is 0.920 bits per heavy atom. The van der Waals surface area contributed by atoms with Gasteiger partial charge in [0, 0.05) is 54.9 Å². The second-order valence-electron chi connectivity index (χ2n) is 6.13. The predicted octanol–water partition coefficient (Wildman–Crippen LogP) is 7.46. The van der Waals surface area contributed by atoms with E-state index < -0.39 is 0 Å². The van der Waals surface area contributed by atoms with Crippen molar-refractivity contribution in [2.24, 2.45) is 0 Å². The van der Waals surface area contributed by atoms with Gasteiger partial charge in [0.1, 0.15) is 0 Å². The molecule has 0 bridgehead atoms. The summed E-state index contributed by atoms with van der Waals surface area (Å²) in [5.74, 6) is 0. The first-order valence-corrected chi connectivity index (χ1v) is 9.41. The molecule has 0 saturated carbocycles. The van der Waals surface area contributed by atoms with Gasteiger partial charge in [0.2, 0.25) is 0 Å². The van der Waals surface area contributed by atoms with Crippen molar-refractivity contribution in [3.63, 3.8) is 0 Å². The monoisotopic (exact) mass is 460 g/mol. The van der Waals surface area contributed by atoms with Gasteiger partial charge < -0.3 is 0 Å². The van der Waals surface area contributed by atoms with Crippen LogP contribution in [0.4, 0.5) is 0 Å². The average Bonchev–Trinajstić information content (AvgIpc) is 3.33. The van der Waals surface area contributed by atoms with E-state index in [0.29, 0.717) is 0 Å². The van der Waals surface area contributed by atoms with E-state index in [1.807, 2.05) is 0 Å². The van der Waals surface area contributed by atoms with Gasteiger partial charge >= 0.3 is 0 Å². The largest absolute Gasteiger partial charge is 0.0764 e. The van der Waals surface area contributed by atoms with Gasteiger partial charge in [-0.1, -0.05) is 111 Å². The second-order valence-corrected chi connectivity index (χ2v) is 6.13. The summed E-state index contributed by atoms with van der Waals surface area (Å²) < 4.78 is 0. The summed E-state index contributed by atoms with van der Waals surface area (Å²) in [7, 11) is 0. The van der Waals surface area contributed by atoms with Crippen molar-refractivity contribution in [1.29, 1.82) is 0 Å². The average molecular weight is 460 g/mol. The molecule has 0 heterocycles. The van der Waals surface area contributed by atoms with E-state index >= 15 is 0 Å². The molecule has 0 aromatic carbocycles. The number of hydrogen-bond donors (Lipinski definition) is 0. The van der Waals surface area contributed by atoms with Crippen molar-refractivity contribution in [2.75, 3.05) is 0 Å². The van der Waals surface area contributed by atoms with Crippen molar-refractivity contribution in [3.8, 4) is 0 Å². The molecule has 4 radical (unpaired) electrons. The quantitative estimate of drug-likeness (QED) is 0.386. The molecule has 0 nitrogen and oxygen atoms in total. The molecule has 1 heteroatoms. The Morgan fingerprint density at radius 1 is 0.480 bits per heavy atom. The van der Waals surface area contributed by atoms with Crippen LogP contribution < -0.4 is 0 Å². The molecule has 3 aliphatic carbocycles. The molecular weight excluding hydrogens is 427 g/mol. The first-order chi connectivity index (χ1) is 11.8. The topological polar surface area (TPSA) is 0 Å². The van der Waals surface area contributed by atoms with Crippen LogP contribution in [0, 0.1) is 54.9 Å². The van der Waals surface area contributed by atoms with Gasteiger partial charge in [0.05, 0.1) is 0 Å². The van der Waals surface area contributed by atoms with Crippen LogP contribution >= 0.6 is 0 Å². The second kappa shape index (κ2) is 17.1. The molecule has 0 unspecified atom stereocenters. The Labute approximate surface area is 184 Å². The van der Waals surface area contributed by atoms with Crippen LogP contribution in [0.5, 0.6) is 0 Å². The van der Waals surface area contributed by atoms with E-state index in [4.69, 9.17) is 0 Å². The molecule has 0 fully saturated rings. The molecule has 25 heavy (non-hydrogen) atoms. The summed E-state index contributed by atoms with van der Waals surface area (Å²) in [5.41, 5.74) is 4.40. The van der Waals surface area contributed by atoms with Gasteiger partial charge in [-0.25, -0.2) is 0 Å². The van der Waals surface area contributed by atoms with Crippen molar-refractivity contribution in [1.82, 2.24) is 0 Å². The van der Waals surface area contributed by atoms with Crippen LogP contribution in [-0.2, 0) is 0 Å². The summed E-state index contributed by atoms with van der Waals surface area (Å²) in [6.45, 7) is 6.60. The zero-order valence-electron chi connectivity index (χ0n) is 16.2. The molecule has 0 aromatic rings. The van der Waals surface area contributed by atoms with Gasteiger partial charge in [-0.3, -0.25) is 0 Å². The van der Waals surface area contributed by atoms with Crippen LogP contribution in [0.2, 0.25) is 0 Å². The Balaban J connectivity index is 0.000000339. The minimum absolute atomic E-state index is 0. The maximum atomic E-state index is 2.20. The third-order valence-electron chi connectivity index (χ3n) is 3.81. The molecule has 3 rings (SSSR count). The number of allylic oxidation sites excluding steroid dienone is 12. The van der Waals surface area contributed by atoms with Crippen LogP contribution in [0.1, 0.15) is 59.3 Å². The van der Waals surface area contributed by atoms with Crippen molar-refractivity contribution < 1.29 is 35.6 Å². The first kappa shape index (κ1) is 24.6. The van der Waals surface area contributed by atoms with Crippen LogP contribution in [0.15, 0.2) is 71.4 Å². The third kappa shape index (κ3) is 12.6. The smallest absolute Gasteiger partial charge is 0.00834 e. The molecular formula is C24H33La. The predicted molar refractivity (Wildman–Crippen MR) is 109 cm³/mol. The molecule has 3 aliphatic rings. The van der Waals surface area contributed by atoms with Gasteiger partial charge in [0.15, 0.2) is 0 Å². The van der Waals surface area contributed by atoms with E-state index in [2.05, 4.69) is 94.7 Å². The minimum atomic E-state index is 0. The molecule has 132 valence electrons. The summed E-state index contributed by atoms with van der Waals surface area (Å²) in [5, 5.41) is 0. The fourth-order valence-electron chi connectivity index (χ4n) is 2.61. The molecule has 0 amide bonds. The fraction of sp³-hybridized carbons (Fsp3) is 0.375. The van der Waals surface area contributed by atoms with Crippen LogP contribution in [-0.4, -0.2) is 0 Å². The summed E-state index contributed by atoms with van der Waals surface area (Å²) in [4.78, 5) is 0. The zero-order valence-corrected chi connectivity index (χ0v) is 19.9. The molecule has 0 N–H and O–H groups in total. The molecule has 0 aliphatic heterocycles. The van der Waals surface area contributed by atoms with Gasteiger partial charge in [-0.05, 0) is 19.3 Å². The summed E-state index contributed by atoms with van der Waals surface area (Å²) in [6.07, 6.45) is 33.0. The Kier molecular flexibility index (Phi) is 16.8. The van der Waals surface area contributed by atoms with E-state index in [1.54, 1.807) is 0 Å². The SMILES string of the molecule is CCCC1=CC=C[CH]1.CCCC1=CC=C[CH]1.CCCC1=CC=C[CH]1.[La]. The van der Waals surface area contributed by atoms with E-state index in [1.165, 1.54) is 55.2 Å². The van der Waals surface area contributed by atoms with Crippen LogP contribution in [0.25, 0.3) is 0 Å². The van der Waals surface area contributed by atoms with Gasteiger partial charge in [-0.2, -0.15) is 0 Å². The first-order valence-electron chi connectivity index (χ1n) is 9.41. The summed E-state index contributed by atoms with van der Waals surface area (Å²) in [6, 6.07) is 0. The molecule has 0 spiro atoms. The minimum Gasteiger partial charge on any atom is -0.0764 e. The van der Waals surface area contributed by atoms with E-state index in [0.717, 1.165) is 0 Å². The fourth-order valence-corrected chi connectivity index (χ4v) is 2.61. The third-order valence-corrected chi connectivity index (χ3v) is 3.81. The number of hydrogen-bond acceptors (Lipinski definition) is 0. The molecule has 0 aromatic heterocycles. The van der Waals surface area contributed by atoms with Gasteiger partial charge in [-0.15, -0.1) is 0 Å². The molecule has 0 saturated heterocycles.